The van der Waals surface area contributed by atoms with Gasteiger partial charge in [-0.15, -0.1) is 0 Å². The van der Waals surface area contributed by atoms with Gasteiger partial charge in [0.15, 0.2) is 43.8 Å². The van der Waals surface area contributed by atoms with Crippen LogP contribution < -0.4 is 0 Å². The standard InChI is InChI=1S/C41H65N9O21/c1-15-16(2)24(45-48-42)37(62-20(15)11-51)67-30-19(5)32(65-23-9-7-8-10-60-23)41(70-34(30)35(57)58)69-33-22(13-53)64-38(26(28(33)56)47-50-44)68-31-18(4)27(55)39(71-40(31)61-14-54)66-29-17(3)25(46-49-43)36(59-6)63-21(29)12-52/h14-34,36-41,51-53,55-56H,7-13H2,1-6H3,(H,57,58)/t15-,16-,17+,18+,19-,20-,21?,22?,23?,24?,25?,26?,27?,28+,29-,30-,31-,32?,33+,34+,36-,37+,38+,39-,40?,41+/m0/s1. The predicted molar refractivity (Wildman–Crippen MR) is 231 cm³/mol. The number of aliphatic carboxylic acids is 1. The lowest BCUT2D eigenvalue weighted by Gasteiger charge is -2.51. The van der Waals surface area contributed by atoms with Gasteiger partial charge in [0.25, 0.3) is 6.47 Å². The molecule has 6 rings (SSSR count). The van der Waals surface area contributed by atoms with E-state index in [4.69, 9.17) is 61.6 Å². The Hall–Kier alpha value is -3.81. The molecule has 6 saturated heterocycles. The van der Waals surface area contributed by atoms with Gasteiger partial charge in [0.05, 0.1) is 50.2 Å². The van der Waals surface area contributed by atoms with Crippen LogP contribution in [0.2, 0.25) is 0 Å². The molecule has 71 heavy (non-hydrogen) atoms. The van der Waals surface area contributed by atoms with Gasteiger partial charge >= 0.3 is 5.97 Å². The van der Waals surface area contributed by atoms with Crippen LogP contribution in [0, 0.1) is 29.6 Å². The topological polar surface area (TPSA) is 422 Å². The van der Waals surface area contributed by atoms with Crippen LogP contribution in [0.4, 0.5) is 0 Å². The van der Waals surface area contributed by atoms with Gasteiger partial charge < -0.3 is 92.2 Å². The number of methoxy groups -OCH3 is 1. The van der Waals surface area contributed by atoms with Crippen LogP contribution in [-0.4, -0.2) is 206 Å². The van der Waals surface area contributed by atoms with Crippen molar-refractivity contribution in [2.45, 2.75) is 183 Å². The van der Waals surface area contributed by atoms with E-state index in [9.17, 15) is 56.8 Å². The van der Waals surface area contributed by atoms with Gasteiger partial charge in [-0.3, -0.25) is 4.79 Å². The van der Waals surface area contributed by atoms with Crippen LogP contribution in [-0.2, 0) is 71.2 Å². The Morgan fingerprint density at radius 2 is 1.14 bits per heavy atom. The van der Waals surface area contributed by atoms with Crippen LogP contribution >= 0.6 is 0 Å². The lowest BCUT2D eigenvalue weighted by Crippen LogP contribution is -2.66. The van der Waals surface area contributed by atoms with Crippen molar-refractivity contribution in [3.05, 3.63) is 31.3 Å². The molecular formula is C41H65N9O21. The highest BCUT2D eigenvalue weighted by atomic mass is 16.8. The molecule has 0 amide bonds. The number of aliphatic hydroxyl groups is 5. The molecule has 30 heteroatoms. The summed E-state index contributed by atoms with van der Waals surface area (Å²) in [6.07, 6.45) is -23.6. The Kier molecular flexibility index (Phi) is 20.6. The van der Waals surface area contributed by atoms with Gasteiger partial charge in [-0.25, -0.2) is 4.79 Å². The second kappa shape index (κ2) is 25.9. The van der Waals surface area contributed by atoms with Crippen LogP contribution in [0.25, 0.3) is 31.3 Å². The molecule has 0 spiro atoms. The van der Waals surface area contributed by atoms with Crippen LogP contribution in [0.15, 0.2) is 15.3 Å². The molecule has 0 aromatic heterocycles. The second-order valence-electron chi connectivity index (χ2n) is 18.4. The predicted octanol–water partition coefficient (Wildman–Crippen LogP) is 0.841. The molecule has 6 aliphatic rings. The number of carboxylic acids is 1. The van der Waals surface area contributed by atoms with Gasteiger partial charge in [-0.2, -0.15) is 0 Å². The highest BCUT2D eigenvalue weighted by molar-refractivity contribution is 5.73. The van der Waals surface area contributed by atoms with E-state index in [1.54, 1.807) is 27.7 Å². The fourth-order valence-electron chi connectivity index (χ4n) is 9.97. The fourth-order valence-corrected chi connectivity index (χ4v) is 9.97. The number of rotatable bonds is 20. The lowest BCUT2D eigenvalue weighted by molar-refractivity contribution is -0.389. The molecule has 0 bridgehead atoms. The molecule has 6 N–H and O–H groups in total. The maximum atomic E-state index is 13.1. The van der Waals surface area contributed by atoms with Crippen molar-refractivity contribution < 1.29 is 102 Å². The Morgan fingerprint density at radius 3 is 1.73 bits per heavy atom. The zero-order valence-corrected chi connectivity index (χ0v) is 39.9. The highest BCUT2D eigenvalue weighted by Crippen LogP contribution is 2.42. The first-order chi connectivity index (χ1) is 34.1. The third kappa shape index (κ3) is 12.4. The molecule has 0 saturated carbocycles. The number of carbonyl (C=O) groups excluding carboxylic acids is 1. The molecule has 400 valence electrons. The number of hydrogen-bond donors (Lipinski definition) is 6. The van der Waals surface area contributed by atoms with Crippen molar-refractivity contribution in [2.75, 3.05) is 33.5 Å². The van der Waals surface area contributed by atoms with Crippen molar-refractivity contribution in [1.29, 1.82) is 0 Å². The van der Waals surface area contributed by atoms with E-state index in [1.807, 2.05) is 0 Å². The summed E-state index contributed by atoms with van der Waals surface area (Å²) in [6.45, 7) is 6.79. The minimum atomic E-state index is -1.92. The number of azide groups is 3. The second-order valence-corrected chi connectivity index (χ2v) is 18.4. The summed E-state index contributed by atoms with van der Waals surface area (Å²) in [7, 11) is 1.32. The Morgan fingerprint density at radius 1 is 0.592 bits per heavy atom. The quantitative estimate of drug-likeness (QED) is 0.0426. The van der Waals surface area contributed by atoms with Crippen molar-refractivity contribution >= 4 is 12.4 Å². The van der Waals surface area contributed by atoms with Crippen molar-refractivity contribution in [2.24, 2.45) is 44.9 Å². The number of nitrogens with zero attached hydrogens (tertiary/aromatic N) is 9. The first-order valence-electron chi connectivity index (χ1n) is 23.4. The van der Waals surface area contributed by atoms with Crippen LogP contribution in [0.5, 0.6) is 0 Å². The van der Waals surface area contributed by atoms with E-state index in [-0.39, 0.29) is 18.3 Å². The number of hydrogen-bond acceptors (Lipinski definition) is 23. The summed E-state index contributed by atoms with van der Waals surface area (Å²) in [4.78, 5) is 33.6. The molecular weight excluding hydrogens is 954 g/mol. The third-order valence-electron chi connectivity index (χ3n) is 14.3. The number of carbonyl (C=O) groups is 2. The summed E-state index contributed by atoms with van der Waals surface area (Å²) in [6, 6.07) is -3.61. The minimum absolute atomic E-state index is 0.0315. The van der Waals surface area contributed by atoms with Crippen molar-refractivity contribution in [3.63, 3.8) is 0 Å². The average molecular weight is 1020 g/mol. The minimum Gasteiger partial charge on any atom is -0.479 e. The molecule has 6 aliphatic heterocycles. The van der Waals surface area contributed by atoms with Gasteiger partial charge in [0.1, 0.15) is 48.8 Å². The summed E-state index contributed by atoms with van der Waals surface area (Å²) in [5, 5.41) is 76.6. The molecule has 0 aromatic rings. The number of carboxylic acid groups (broad SMARTS) is 1. The summed E-state index contributed by atoms with van der Waals surface area (Å²) >= 11 is 0. The lowest BCUT2D eigenvalue weighted by atomic mass is 9.82. The molecule has 6 fully saturated rings. The largest absolute Gasteiger partial charge is 0.479 e. The zero-order valence-electron chi connectivity index (χ0n) is 39.9. The third-order valence-corrected chi connectivity index (χ3v) is 14.3. The zero-order chi connectivity index (χ0) is 51.7. The molecule has 30 nitrogen and oxygen atoms in total. The first-order valence-corrected chi connectivity index (χ1v) is 23.4. The summed E-state index contributed by atoms with van der Waals surface area (Å²) < 4.78 is 77.8. The Labute approximate surface area is 406 Å². The summed E-state index contributed by atoms with van der Waals surface area (Å²) in [5.41, 5.74) is 28.4. The van der Waals surface area contributed by atoms with E-state index in [1.165, 1.54) is 14.0 Å². The van der Waals surface area contributed by atoms with Gasteiger partial charge in [-0.05, 0) is 53.6 Å². The average Bonchev–Trinajstić information content (AvgIpc) is 3.36. The maximum absolute atomic E-state index is 13.1. The van der Waals surface area contributed by atoms with E-state index in [2.05, 4.69) is 30.1 Å². The first kappa shape index (κ1) is 56.5. The smallest absolute Gasteiger partial charge is 0.335 e. The summed E-state index contributed by atoms with van der Waals surface area (Å²) in [5.74, 6) is -4.91. The van der Waals surface area contributed by atoms with Gasteiger partial charge in [-0.1, -0.05) is 50.0 Å². The Bertz CT molecular complexity index is 1900. The molecule has 0 aromatic carbocycles. The molecule has 0 aliphatic carbocycles. The molecule has 6 heterocycles. The van der Waals surface area contributed by atoms with E-state index >= 15 is 0 Å². The maximum Gasteiger partial charge on any atom is 0.335 e. The monoisotopic (exact) mass is 1020 g/mol. The SMILES string of the molecule is CO[C@H]1OC(CO)[C@@H](O[C@H]2OC(OC=O)[C@@H](O[C@H]3OC(CO)[C@@H](O[C@@H]4O[C@@H](C(=O)O)[C@@H](O[C@H]5O[C@@H](CO)[C@@H](C)[C@H](C)C5N=[N+]=[N-])[C@H](C)C4OC4CCCCO4)[C@H](O)C3N=[N+]=[N-])[C@H](C)C2O)[C@H](C)C1N=[N+]=[N-]. The van der Waals surface area contributed by atoms with Gasteiger partial charge in [0, 0.05) is 40.3 Å². The van der Waals surface area contributed by atoms with Crippen molar-refractivity contribution in [3.8, 4) is 0 Å². The van der Waals surface area contributed by atoms with Gasteiger partial charge in [0.2, 0.25) is 6.29 Å². The van der Waals surface area contributed by atoms with E-state index in [0.29, 0.717) is 13.0 Å². The van der Waals surface area contributed by atoms with E-state index in [0.717, 1.165) is 12.8 Å². The molecule has 26 atom stereocenters. The van der Waals surface area contributed by atoms with Crippen LogP contribution in [0.1, 0.15) is 53.9 Å². The molecule has 9 unspecified atom stereocenters. The normalized spacial score (nSPS) is 46.1. The van der Waals surface area contributed by atoms with Crippen LogP contribution in [0.3, 0.4) is 0 Å². The number of ether oxygens (including phenoxy) is 13. The number of aliphatic hydroxyl groups excluding tert-OH is 5. The molecule has 0 radical (unpaired) electrons. The van der Waals surface area contributed by atoms with E-state index < -0.39 is 173 Å². The highest BCUT2D eigenvalue weighted by Gasteiger charge is 2.57. The van der Waals surface area contributed by atoms with Crippen molar-refractivity contribution in [1.82, 2.24) is 0 Å². The Balaban J connectivity index is 1.23. The fraction of sp³-hybridized carbons (Fsp3) is 0.951.